The number of carbonyl (C=O) groups is 1. The third kappa shape index (κ3) is 6.35. The van der Waals surface area contributed by atoms with Crippen LogP contribution in [0.3, 0.4) is 0 Å². The molecule has 0 saturated carbocycles. The first-order valence-corrected chi connectivity index (χ1v) is 10.00. The molecule has 2 aromatic carbocycles. The summed E-state index contributed by atoms with van der Waals surface area (Å²) in [5.74, 6) is 0.695. The largest absolute Gasteiger partial charge is 0.383 e. The van der Waals surface area contributed by atoms with Crippen molar-refractivity contribution in [2.24, 2.45) is 0 Å². The van der Waals surface area contributed by atoms with E-state index in [1.807, 2.05) is 56.3 Å². The second kappa shape index (κ2) is 10.0. The van der Waals surface area contributed by atoms with Gasteiger partial charge >= 0.3 is 0 Å². The van der Waals surface area contributed by atoms with Crippen LogP contribution in [0.15, 0.2) is 54.6 Å². The summed E-state index contributed by atoms with van der Waals surface area (Å²) in [6.45, 7) is 4.36. The molecule has 0 aliphatic carbocycles. The lowest BCUT2D eigenvalue weighted by Gasteiger charge is -2.27. The number of halogens is 1. The molecule has 1 amide bonds. The topological polar surface area (TPSA) is 38.3 Å². The number of hydrogen-bond donors (Lipinski definition) is 1. The molecule has 0 heterocycles. The van der Waals surface area contributed by atoms with E-state index in [1.54, 1.807) is 18.9 Å². The molecule has 0 aliphatic rings. The third-order valence-corrected chi connectivity index (χ3v) is 5.85. The van der Waals surface area contributed by atoms with Crippen molar-refractivity contribution in [1.82, 2.24) is 5.32 Å². The van der Waals surface area contributed by atoms with E-state index in [2.05, 4.69) is 17.4 Å². The first kappa shape index (κ1) is 20.8. The molecule has 0 aliphatic heterocycles. The lowest BCUT2D eigenvalue weighted by molar-refractivity contribution is -0.123. The maximum atomic E-state index is 12.8. The summed E-state index contributed by atoms with van der Waals surface area (Å²) in [4.78, 5) is 12.8. The molecule has 0 unspecified atom stereocenters. The number of ether oxygens (including phenoxy) is 1. The van der Waals surface area contributed by atoms with Crippen molar-refractivity contribution in [3.63, 3.8) is 0 Å². The number of amides is 1. The number of rotatable bonds is 9. The summed E-state index contributed by atoms with van der Waals surface area (Å²) >= 11 is 7.80. The number of hydrogen-bond acceptors (Lipinski definition) is 3. The Morgan fingerprint density at radius 1 is 1.15 bits per heavy atom. The van der Waals surface area contributed by atoms with Gasteiger partial charge in [0.25, 0.3) is 0 Å². The minimum absolute atomic E-state index is 0.00698. The van der Waals surface area contributed by atoms with E-state index in [4.69, 9.17) is 16.3 Å². The molecule has 0 radical (unpaired) electrons. The van der Waals surface area contributed by atoms with Crippen molar-refractivity contribution >= 4 is 29.3 Å². The predicted molar refractivity (Wildman–Crippen MR) is 111 cm³/mol. The molecule has 26 heavy (non-hydrogen) atoms. The van der Waals surface area contributed by atoms with Gasteiger partial charge in [0.15, 0.2) is 0 Å². The normalized spacial score (nSPS) is 12.6. The van der Waals surface area contributed by atoms with Gasteiger partial charge in [-0.05, 0) is 37.5 Å². The van der Waals surface area contributed by atoms with Crippen LogP contribution in [0.1, 0.15) is 25.0 Å². The van der Waals surface area contributed by atoms with Crippen LogP contribution in [0.5, 0.6) is 0 Å². The van der Waals surface area contributed by atoms with E-state index in [0.717, 1.165) is 17.0 Å². The van der Waals surface area contributed by atoms with Crippen molar-refractivity contribution < 1.29 is 9.53 Å². The molecule has 2 rings (SSSR count). The number of nitrogens with one attached hydrogen (secondary N) is 1. The lowest BCUT2D eigenvalue weighted by Crippen LogP contribution is -2.47. The second-order valence-electron chi connectivity index (χ2n) is 6.71. The van der Waals surface area contributed by atoms with Gasteiger partial charge in [0.1, 0.15) is 0 Å². The summed E-state index contributed by atoms with van der Waals surface area (Å²) in [6.07, 6.45) is 0.742. The van der Waals surface area contributed by atoms with Gasteiger partial charge in [0.05, 0.1) is 17.4 Å². The van der Waals surface area contributed by atoms with Gasteiger partial charge in [-0.15, -0.1) is 11.8 Å². The zero-order valence-electron chi connectivity index (χ0n) is 15.5. The molecule has 0 spiro atoms. The number of thioether (sulfide) groups is 1. The Bertz CT molecular complexity index is 706. The number of benzene rings is 2. The maximum Gasteiger partial charge on any atom is 0.235 e. The molecule has 0 bridgehead atoms. The van der Waals surface area contributed by atoms with E-state index >= 15 is 0 Å². The van der Waals surface area contributed by atoms with Gasteiger partial charge in [0, 0.05) is 17.9 Å². The Kier molecular flexibility index (Phi) is 8.01. The van der Waals surface area contributed by atoms with E-state index in [-0.39, 0.29) is 11.9 Å². The van der Waals surface area contributed by atoms with Crippen LogP contribution in [0.2, 0.25) is 5.02 Å². The van der Waals surface area contributed by atoms with Crippen LogP contribution in [0, 0.1) is 0 Å². The van der Waals surface area contributed by atoms with Crippen molar-refractivity contribution in [2.75, 3.05) is 13.7 Å². The summed E-state index contributed by atoms with van der Waals surface area (Å²) < 4.78 is 4.73. The van der Waals surface area contributed by atoms with Crippen molar-refractivity contribution in [3.8, 4) is 0 Å². The Balaban J connectivity index is 1.96. The Hall–Kier alpha value is -1.49. The van der Waals surface area contributed by atoms with Gasteiger partial charge in [-0.3, -0.25) is 4.79 Å². The first-order chi connectivity index (χ1) is 12.4. The van der Waals surface area contributed by atoms with E-state index in [9.17, 15) is 4.79 Å². The number of carbonyl (C=O) groups excluding carboxylic acids is 1. The van der Waals surface area contributed by atoms with Crippen LogP contribution in [0.4, 0.5) is 0 Å². The Morgan fingerprint density at radius 3 is 2.46 bits per heavy atom. The summed E-state index contributed by atoms with van der Waals surface area (Å²) in [6, 6.07) is 17.8. The van der Waals surface area contributed by atoms with Crippen molar-refractivity contribution in [2.45, 2.75) is 36.8 Å². The molecule has 2 aromatic rings. The summed E-state index contributed by atoms with van der Waals surface area (Å²) in [5, 5.41) is 3.87. The predicted octanol–water partition coefficient (Wildman–Crippen LogP) is 4.73. The van der Waals surface area contributed by atoms with Crippen LogP contribution in [-0.2, 0) is 21.7 Å². The van der Waals surface area contributed by atoms with Crippen LogP contribution in [-0.4, -0.2) is 30.4 Å². The molecule has 1 atom stereocenters. The van der Waals surface area contributed by atoms with E-state index in [0.29, 0.717) is 12.4 Å². The average Bonchev–Trinajstić information content (AvgIpc) is 2.62. The SMILES string of the molecule is COC[C@H](Cc1ccccc1)NC(=O)C(C)(C)SCc1ccccc1Cl. The van der Waals surface area contributed by atoms with Crippen LogP contribution >= 0.6 is 23.4 Å². The Labute approximate surface area is 165 Å². The van der Waals surface area contributed by atoms with E-state index < -0.39 is 4.75 Å². The highest BCUT2D eigenvalue weighted by Crippen LogP contribution is 2.31. The van der Waals surface area contributed by atoms with Gasteiger partial charge in [-0.2, -0.15) is 0 Å². The quantitative estimate of drug-likeness (QED) is 0.671. The maximum absolute atomic E-state index is 12.8. The standard InChI is InChI=1S/C21H26ClNO2S/c1-21(2,26-15-17-11-7-8-12-19(17)22)20(24)23-18(14-25-3)13-16-9-5-4-6-10-16/h4-12,18H,13-15H2,1-3H3,(H,23,24)/t18-/m0/s1. The molecule has 0 aromatic heterocycles. The summed E-state index contributed by atoms with van der Waals surface area (Å²) in [7, 11) is 1.65. The second-order valence-corrected chi connectivity index (χ2v) is 8.71. The third-order valence-electron chi connectivity index (χ3n) is 4.12. The van der Waals surface area contributed by atoms with Gasteiger partial charge < -0.3 is 10.1 Å². The van der Waals surface area contributed by atoms with Crippen molar-refractivity contribution in [3.05, 3.63) is 70.7 Å². The fraction of sp³-hybridized carbons (Fsp3) is 0.381. The van der Waals surface area contributed by atoms with Gasteiger partial charge in [-0.25, -0.2) is 0 Å². The minimum atomic E-state index is -0.568. The smallest absolute Gasteiger partial charge is 0.235 e. The minimum Gasteiger partial charge on any atom is -0.383 e. The van der Waals surface area contributed by atoms with Gasteiger partial charge in [-0.1, -0.05) is 60.1 Å². The first-order valence-electron chi connectivity index (χ1n) is 8.63. The molecule has 0 saturated heterocycles. The molecular weight excluding hydrogens is 366 g/mol. The highest BCUT2D eigenvalue weighted by atomic mass is 35.5. The molecule has 3 nitrogen and oxygen atoms in total. The fourth-order valence-electron chi connectivity index (χ4n) is 2.55. The fourth-order valence-corrected chi connectivity index (χ4v) is 3.79. The highest BCUT2D eigenvalue weighted by Gasteiger charge is 2.30. The molecule has 140 valence electrons. The van der Waals surface area contributed by atoms with Crippen molar-refractivity contribution in [1.29, 1.82) is 0 Å². The summed E-state index contributed by atoms with van der Waals surface area (Å²) in [5.41, 5.74) is 2.22. The van der Waals surface area contributed by atoms with Crippen LogP contribution in [0.25, 0.3) is 0 Å². The lowest BCUT2D eigenvalue weighted by atomic mass is 10.1. The highest BCUT2D eigenvalue weighted by molar-refractivity contribution is 8.00. The van der Waals surface area contributed by atoms with Gasteiger partial charge in [0.2, 0.25) is 5.91 Å². The monoisotopic (exact) mass is 391 g/mol. The molecule has 0 fully saturated rings. The Morgan fingerprint density at radius 2 is 1.81 bits per heavy atom. The molecular formula is C21H26ClNO2S. The number of methoxy groups -OCH3 is 1. The zero-order chi connectivity index (χ0) is 19.0. The van der Waals surface area contributed by atoms with E-state index in [1.165, 1.54) is 5.56 Å². The average molecular weight is 392 g/mol. The van der Waals surface area contributed by atoms with Crippen LogP contribution < -0.4 is 5.32 Å². The zero-order valence-corrected chi connectivity index (χ0v) is 17.1. The molecule has 1 N–H and O–H groups in total. The molecule has 5 heteroatoms.